The van der Waals surface area contributed by atoms with Gasteiger partial charge in [-0.25, -0.2) is 0 Å². The van der Waals surface area contributed by atoms with Gasteiger partial charge in [0.05, 0.1) is 0 Å². The van der Waals surface area contributed by atoms with E-state index < -0.39 is 0 Å². The van der Waals surface area contributed by atoms with E-state index in [0.717, 1.165) is 13.1 Å². The SMILES string of the molecule is CCCCN(CCCC)CC(C)(C)CN. The van der Waals surface area contributed by atoms with Gasteiger partial charge in [0.1, 0.15) is 0 Å². The molecule has 0 aromatic carbocycles. The molecule has 0 heterocycles. The van der Waals surface area contributed by atoms with Crippen molar-refractivity contribution in [1.29, 1.82) is 0 Å². The van der Waals surface area contributed by atoms with Crippen molar-refractivity contribution in [2.75, 3.05) is 26.2 Å². The number of hydrogen-bond acceptors (Lipinski definition) is 2. The minimum absolute atomic E-state index is 0.265. The van der Waals surface area contributed by atoms with Crippen LogP contribution in [-0.2, 0) is 0 Å². The van der Waals surface area contributed by atoms with Crippen LogP contribution in [0.2, 0.25) is 0 Å². The molecule has 2 nitrogen and oxygen atoms in total. The maximum absolute atomic E-state index is 5.79. The minimum Gasteiger partial charge on any atom is -0.330 e. The maximum atomic E-state index is 5.79. The number of unbranched alkanes of at least 4 members (excludes halogenated alkanes) is 2. The molecule has 0 rings (SSSR count). The minimum atomic E-state index is 0.265. The molecule has 0 aliphatic heterocycles. The van der Waals surface area contributed by atoms with Crippen LogP contribution in [0.25, 0.3) is 0 Å². The molecule has 15 heavy (non-hydrogen) atoms. The van der Waals surface area contributed by atoms with Gasteiger partial charge in [0.15, 0.2) is 0 Å². The fourth-order valence-electron chi connectivity index (χ4n) is 1.70. The van der Waals surface area contributed by atoms with Gasteiger partial charge >= 0.3 is 0 Å². The Hall–Kier alpha value is -0.0800. The lowest BCUT2D eigenvalue weighted by Gasteiger charge is -2.31. The summed E-state index contributed by atoms with van der Waals surface area (Å²) in [7, 11) is 0. The van der Waals surface area contributed by atoms with Crippen LogP contribution >= 0.6 is 0 Å². The smallest absolute Gasteiger partial charge is 0.00447 e. The highest BCUT2D eigenvalue weighted by atomic mass is 15.1. The maximum Gasteiger partial charge on any atom is 0.00447 e. The van der Waals surface area contributed by atoms with Crippen molar-refractivity contribution >= 4 is 0 Å². The third-order valence-electron chi connectivity index (χ3n) is 2.86. The lowest BCUT2D eigenvalue weighted by atomic mass is 9.93. The van der Waals surface area contributed by atoms with E-state index in [2.05, 4.69) is 32.6 Å². The van der Waals surface area contributed by atoms with E-state index in [9.17, 15) is 0 Å². The number of nitrogens with zero attached hydrogens (tertiary/aromatic N) is 1. The summed E-state index contributed by atoms with van der Waals surface area (Å²) in [5, 5.41) is 0. The van der Waals surface area contributed by atoms with Gasteiger partial charge in [-0.2, -0.15) is 0 Å². The van der Waals surface area contributed by atoms with Gasteiger partial charge in [0.25, 0.3) is 0 Å². The molecule has 0 aliphatic rings. The standard InChI is InChI=1S/C13H30N2/c1-5-7-9-15(10-8-6-2)12-13(3,4)11-14/h5-12,14H2,1-4H3. The fourth-order valence-corrected chi connectivity index (χ4v) is 1.70. The molecule has 0 spiro atoms. The summed E-state index contributed by atoms with van der Waals surface area (Å²) in [5.74, 6) is 0. The summed E-state index contributed by atoms with van der Waals surface area (Å²) in [5.41, 5.74) is 6.05. The van der Waals surface area contributed by atoms with E-state index in [0.29, 0.717) is 0 Å². The number of nitrogens with two attached hydrogens (primary N) is 1. The fraction of sp³-hybridized carbons (Fsp3) is 1.00. The van der Waals surface area contributed by atoms with Crippen LogP contribution in [0.15, 0.2) is 0 Å². The Morgan fingerprint density at radius 3 is 1.80 bits per heavy atom. The monoisotopic (exact) mass is 214 g/mol. The third kappa shape index (κ3) is 7.80. The predicted octanol–water partition coefficient (Wildman–Crippen LogP) is 2.87. The quantitative estimate of drug-likeness (QED) is 0.639. The van der Waals surface area contributed by atoms with Crippen LogP contribution in [0.3, 0.4) is 0 Å². The molecular weight excluding hydrogens is 184 g/mol. The molecule has 0 unspecified atom stereocenters. The highest BCUT2D eigenvalue weighted by Crippen LogP contribution is 2.15. The lowest BCUT2D eigenvalue weighted by Crippen LogP contribution is -2.39. The predicted molar refractivity (Wildman–Crippen MR) is 69.1 cm³/mol. The Labute approximate surface area is 96.2 Å². The van der Waals surface area contributed by atoms with Crippen molar-refractivity contribution < 1.29 is 0 Å². The summed E-state index contributed by atoms with van der Waals surface area (Å²) in [6.07, 6.45) is 5.19. The van der Waals surface area contributed by atoms with Crippen LogP contribution in [0.4, 0.5) is 0 Å². The first-order chi connectivity index (χ1) is 7.05. The largest absolute Gasteiger partial charge is 0.330 e. The first-order valence-electron chi connectivity index (χ1n) is 6.48. The molecule has 0 atom stereocenters. The summed E-state index contributed by atoms with van der Waals surface area (Å²) in [4.78, 5) is 2.58. The molecule has 0 saturated carbocycles. The molecule has 0 fully saturated rings. The summed E-state index contributed by atoms with van der Waals surface area (Å²) >= 11 is 0. The van der Waals surface area contributed by atoms with Crippen LogP contribution in [0.5, 0.6) is 0 Å². The van der Waals surface area contributed by atoms with Crippen LogP contribution < -0.4 is 5.73 Å². The van der Waals surface area contributed by atoms with E-state index in [4.69, 9.17) is 5.73 Å². The molecule has 0 amide bonds. The third-order valence-corrected chi connectivity index (χ3v) is 2.86. The van der Waals surface area contributed by atoms with Crippen LogP contribution in [0, 0.1) is 5.41 Å². The van der Waals surface area contributed by atoms with Gasteiger partial charge in [-0.1, -0.05) is 40.5 Å². The molecule has 92 valence electrons. The van der Waals surface area contributed by atoms with Gasteiger partial charge in [-0.05, 0) is 37.9 Å². The second-order valence-corrected chi connectivity index (χ2v) is 5.35. The summed E-state index contributed by atoms with van der Waals surface area (Å²) in [6.45, 7) is 13.4. The number of rotatable bonds is 9. The van der Waals surface area contributed by atoms with E-state index >= 15 is 0 Å². The zero-order chi connectivity index (χ0) is 11.7. The Balaban J connectivity index is 3.98. The van der Waals surface area contributed by atoms with E-state index in [1.807, 2.05) is 0 Å². The number of hydrogen-bond donors (Lipinski definition) is 1. The normalized spacial score (nSPS) is 12.4. The van der Waals surface area contributed by atoms with Crippen molar-refractivity contribution in [3.05, 3.63) is 0 Å². The molecular formula is C13H30N2. The van der Waals surface area contributed by atoms with Crippen LogP contribution in [0.1, 0.15) is 53.4 Å². The average Bonchev–Trinajstić information content (AvgIpc) is 2.22. The molecule has 2 heteroatoms. The average molecular weight is 214 g/mol. The zero-order valence-electron chi connectivity index (χ0n) is 11.2. The molecule has 0 aliphatic carbocycles. The van der Waals surface area contributed by atoms with Crippen molar-refractivity contribution in [3.8, 4) is 0 Å². The molecule has 2 N–H and O–H groups in total. The highest BCUT2D eigenvalue weighted by molar-refractivity contribution is 4.74. The zero-order valence-corrected chi connectivity index (χ0v) is 11.2. The highest BCUT2D eigenvalue weighted by Gasteiger charge is 2.19. The van der Waals surface area contributed by atoms with Gasteiger partial charge in [-0.3, -0.25) is 0 Å². The van der Waals surface area contributed by atoms with Crippen molar-refractivity contribution in [1.82, 2.24) is 4.90 Å². The molecule has 0 aromatic heterocycles. The van der Waals surface area contributed by atoms with E-state index in [-0.39, 0.29) is 5.41 Å². The van der Waals surface area contributed by atoms with Gasteiger partial charge < -0.3 is 10.6 Å². The van der Waals surface area contributed by atoms with Gasteiger partial charge in [0, 0.05) is 6.54 Å². The van der Waals surface area contributed by atoms with Gasteiger partial charge in [-0.15, -0.1) is 0 Å². The van der Waals surface area contributed by atoms with Crippen molar-refractivity contribution in [3.63, 3.8) is 0 Å². The topological polar surface area (TPSA) is 29.3 Å². The lowest BCUT2D eigenvalue weighted by molar-refractivity contribution is 0.178. The Morgan fingerprint density at radius 2 is 1.47 bits per heavy atom. The Bertz CT molecular complexity index is 135. The molecule has 0 bridgehead atoms. The second-order valence-electron chi connectivity index (χ2n) is 5.35. The molecule has 0 aromatic rings. The second kappa shape index (κ2) is 8.12. The van der Waals surface area contributed by atoms with E-state index in [1.165, 1.54) is 38.8 Å². The van der Waals surface area contributed by atoms with Crippen molar-refractivity contribution in [2.24, 2.45) is 11.1 Å². The first kappa shape index (κ1) is 14.9. The summed E-state index contributed by atoms with van der Waals surface area (Å²) < 4.78 is 0. The van der Waals surface area contributed by atoms with Crippen LogP contribution in [-0.4, -0.2) is 31.1 Å². The summed E-state index contributed by atoms with van der Waals surface area (Å²) in [6, 6.07) is 0. The molecule has 0 radical (unpaired) electrons. The van der Waals surface area contributed by atoms with E-state index in [1.54, 1.807) is 0 Å². The first-order valence-corrected chi connectivity index (χ1v) is 6.48. The van der Waals surface area contributed by atoms with Crippen molar-refractivity contribution in [2.45, 2.75) is 53.4 Å². The Morgan fingerprint density at radius 1 is 1.00 bits per heavy atom. The van der Waals surface area contributed by atoms with Gasteiger partial charge in [0.2, 0.25) is 0 Å². The Kier molecular flexibility index (Phi) is 8.07. The molecule has 0 saturated heterocycles.